The predicted molar refractivity (Wildman–Crippen MR) is 155 cm³/mol. The first kappa shape index (κ1) is 25.1. The maximum absolute atomic E-state index is 13.7. The molecule has 5 aromatic rings. The van der Waals surface area contributed by atoms with Crippen LogP contribution >= 0.6 is 43.5 Å². The summed E-state index contributed by atoms with van der Waals surface area (Å²) in [5.41, 5.74) is 5.36. The van der Waals surface area contributed by atoms with E-state index in [0.29, 0.717) is 37.5 Å². The number of nitrogens with zero attached hydrogens (tertiary/aromatic N) is 3. The molecule has 0 atom stereocenters. The number of fused-ring (bicyclic) bond motifs is 1. The van der Waals surface area contributed by atoms with Crippen LogP contribution in [0.1, 0.15) is 15.9 Å². The summed E-state index contributed by atoms with van der Waals surface area (Å²) in [5.74, 6) is 0.0790. The van der Waals surface area contributed by atoms with Crippen molar-refractivity contribution in [2.75, 3.05) is 0 Å². The highest BCUT2D eigenvalue weighted by Gasteiger charge is 2.17. The van der Waals surface area contributed by atoms with E-state index in [4.69, 9.17) is 16.6 Å². The molecular formula is C28H17Br2ClN4O2. The van der Waals surface area contributed by atoms with Crippen LogP contribution in [0.3, 0.4) is 0 Å². The summed E-state index contributed by atoms with van der Waals surface area (Å²) < 4.78 is 2.97. The van der Waals surface area contributed by atoms with Crippen LogP contribution in [0.5, 0.6) is 0 Å². The van der Waals surface area contributed by atoms with Crippen LogP contribution < -0.4 is 11.0 Å². The van der Waals surface area contributed by atoms with Gasteiger partial charge in [0.25, 0.3) is 11.5 Å². The quantitative estimate of drug-likeness (QED) is 0.167. The number of hydrogen-bond donors (Lipinski definition) is 1. The van der Waals surface area contributed by atoms with Gasteiger partial charge in [0, 0.05) is 25.1 Å². The van der Waals surface area contributed by atoms with Crippen LogP contribution in [-0.2, 0) is 0 Å². The highest BCUT2D eigenvalue weighted by Crippen LogP contribution is 2.29. The molecule has 37 heavy (non-hydrogen) atoms. The van der Waals surface area contributed by atoms with Gasteiger partial charge in [-0.2, -0.15) is 5.10 Å². The maximum Gasteiger partial charge on any atom is 0.271 e. The van der Waals surface area contributed by atoms with Gasteiger partial charge >= 0.3 is 0 Å². The number of amides is 1. The molecular weight excluding hydrogens is 620 g/mol. The number of hydrazone groups is 1. The third-order valence-electron chi connectivity index (χ3n) is 5.56. The molecule has 1 aromatic heterocycles. The monoisotopic (exact) mass is 634 g/mol. The predicted octanol–water partition coefficient (Wildman–Crippen LogP) is 7.00. The Labute approximate surface area is 233 Å². The first-order valence-corrected chi connectivity index (χ1v) is 13.0. The lowest BCUT2D eigenvalue weighted by molar-refractivity contribution is 0.0955. The van der Waals surface area contributed by atoms with E-state index in [2.05, 4.69) is 42.4 Å². The van der Waals surface area contributed by atoms with Crippen molar-refractivity contribution in [1.82, 2.24) is 15.0 Å². The van der Waals surface area contributed by atoms with Crippen molar-refractivity contribution < 1.29 is 4.79 Å². The van der Waals surface area contributed by atoms with Crippen LogP contribution in [0.15, 0.2) is 110 Å². The average Bonchev–Trinajstić information content (AvgIpc) is 2.90. The highest BCUT2D eigenvalue weighted by molar-refractivity contribution is 9.11. The van der Waals surface area contributed by atoms with Gasteiger partial charge in [-0.05, 0) is 82.2 Å². The number of carbonyl (C=O) groups excluding carboxylic acids is 1. The zero-order valence-corrected chi connectivity index (χ0v) is 23.0. The van der Waals surface area contributed by atoms with E-state index in [1.165, 1.54) is 4.57 Å². The molecule has 0 radical (unpaired) electrons. The Kier molecular flexibility index (Phi) is 7.32. The van der Waals surface area contributed by atoms with Crippen LogP contribution in [0.2, 0.25) is 5.02 Å². The summed E-state index contributed by atoms with van der Waals surface area (Å²) in [4.78, 5) is 31.2. The molecule has 1 heterocycles. The number of aromatic nitrogens is 2. The smallest absolute Gasteiger partial charge is 0.268 e. The van der Waals surface area contributed by atoms with E-state index in [1.54, 1.807) is 48.7 Å². The fourth-order valence-corrected chi connectivity index (χ4v) is 5.22. The van der Waals surface area contributed by atoms with Crippen molar-refractivity contribution in [1.29, 1.82) is 0 Å². The van der Waals surface area contributed by atoms with Crippen LogP contribution in [0.25, 0.3) is 28.0 Å². The van der Waals surface area contributed by atoms with E-state index in [1.807, 2.05) is 48.5 Å². The number of rotatable bonds is 5. The summed E-state index contributed by atoms with van der Waals surface area (Å²) in [6.07, 6.45) is 1.57. The molecule has 0 aliphatic heterocycles. The second-order valence-electron chi connectivity index (χ2n) is 8.02. The molecule has 0 saturated heterocycles. The molecule has 1 N–H and O–H groups in total. The van der Waals surface area contributed by atoms with Crippen molar-refractivity contribution in [2.24, 2.45) is 5.10 Å². The topological polar surface area (TPSA) is 76.3 Å². The van der Waals surface area contributed by atoms with Crippen molar-refractivity contribution in [3.63, 3.8) is 0 Å². The molecule has 0 fully saturated rings. The van der Waals surface area contributed by atoms with Gasteiger partial charge in [-0.1, -0.05) is 57.9 Å². The van der Waals surface area contributed by atoms with E-state index >= 15 is 0 Å². The number of benzene rings is 4. The van der Waals surface area contributed by atoms with Gasteiger partial charge in [0.05, 0.1) is 22.8 Å². The standard InChI is InChI=1S/C28H17Br2ClN4O2/c29-20-14-23-25(24(30)15-20)33-26(18-6-10-21(31)11-7-18)35(28(23)37)22-12-8-19(9-13-22)27(36)34-32-16-17-4-2-1-3-5-17/h1-16H,(H,34,36). The molecule has 9 heteroatoms. The number of carbonyl (C=O) groups is 1. The summed E-state index contributed by atoms with van der Waals surface area (Å²) in [6.45, 7) is 0. The summed E-state index contributed by atoms with van der Waals surface area (Å²) in [5, 5.41) is 5.03. The Morgan fingerprint density at radius 2 is 1.65 bits per heavy atom. The van der Waals surface area contributed by atoms with Crippen LogP contribution in [-0.4, -0.2) is 21.7 Å². The second kappa shape index (κ2) is 10.8. The molecule has 5 rings (SSSR count). The fraction of sp³-hybridized carbons (Fsp3) is 0. The lowest BCUT2D eigenvalue weighted by Gasteiger charge is -2.15. The van der Waals surface area contributed by atoms with Gasteiger partial charge in [-0.15, -0.1) is 0 Å². The van der Waals surface area contributed by atoms with E-state index in [9.17, 15) is 9.59 Å². The Morgan fingerprint density at radius 3 is 2.35 bits per heavy atom. The van der Waals surface area contributed by atoms with Gasteiger partial charge in [0.2, 0.25) is 0 Å². The minimum Gasteiger partial charge on any atom is -0.268 e. The number of hydrogen-bond acceptors (Lipinski definition) is 4. The summed E-state index contributed by atoms with van der Waals surface area (Å²) in [6, 6.07) is 26.9. The van der Waals surface area contributed by atoms with Gasteiger partial charge in [-0.25, -0.2) is 10.4 Å². The summed E-state index contributed by atoms with van der Waals surface area (Å²) >= 11 is 13.1. The second-order valence-corrected chi connectivity index (χ2v) is 10.2. The largest absolute Gasteiger partial charge is 0.271 e. The highest BCUT2D eigenvalue weighted by atomic mass is 79.9. The zero-order chi connectivity index (χ0) is 25.9. The van der Waals surface area contributed by atoms with Crippen LogP contribution in [0, 0.1) is 0 Å². The van der Waals surface area contributed by atoms with Crippen molar-refractivity contribution >= 4 is 66.5 Å². The molecule has 182 valence electrons. The molecule has 0 spiro atoms. The first-order chi connectivity index (χ1) is 17.9. The number of nitrogens with one attached hydrogen (secondary N) is 1. The van der Waals surface area contributed by atoms with Gasteiger partial charge < -0.3 is 0 Å². The van der Waals surface area contributed by atoms with Gasteiger partial charge in [0.1, 0.15) is 5.82 Å². The Morgan fingerprint density at radius 1 is 0.946 bits per heavy atom. The van der Waals surface area contributed by atoms with Gasteiger partial charge in [-0.3, -0.25) is 14.2 Å². The van der Waals surface area contributed by atoms with E-state index < -0.39 is 0 Å². The lowest BCUT2D eigenvalue weighted by atomic mass is 10.1. The Balaban J connectivity index is 1.55. The van der Waals surface area contributed by atoms with E-state index in [-0.39, 0.29) is 11.5 Å². The molecule has 0 aliphatic rings. The zero-order valence-electron chi connectivity index (χ0n) is 19.0. The summed E-state index contributed by atoms with van der Waals surface area (Å²) in [7, 11) is 0. The number of halogens is 3. The van der Waals surface area contributed by atoms with E-state index in [0.717, 1.165) is 15.6 Å². The average molecular weight is 637 g/mol. The molecule has 0 bridgehead atoms. The molecule has 0 aliphatic carbocycles. The molecule has 6 nitrogen and oxygen atoms in total. The first-order valence-electron chi connectivity index (χ1n) is 11.1. The SMILES string of the molecule is O=C(NN=Cc1ccccc1)c1ccc(-n2c(-c3ccc(Cl)cc3)nc3c(Br)cc(Br)cc3c2=O)cc1. The Bertz CT molecular complexity index is 1700. The molecule has 4 aromatic carbocycles. The Hall–Kier alpha value is -3.59. The minimum atomic E-state index is -0.367. The third kappa shape index (κ3) is 5.41. The minimum absolute atomic E-state index is 0.249. The molecule has 0 saturated carbocycles. The van der Waals surface area contributed by atoms with Crippen molar-refractivity contribution in [3.8, 4) is 17.1 Å². The third-order valence-corrected chi connectivity index (χ3v) is 6.87. The van der Waals surface area contributed by atoms with Crippen molar-refractivity contribution in [2.45, 2.75) is 0 Å². The normalized spacial score (nSPS) is 11.2. The van der Waals surface area contributed by atoms with Gasteiger partial charge in [0.15, 0.2) is 0 Å². The fourth-order valence-electron chi connectivity index (χ4n) is 3.78. The van der Waals surface area contributed by atoms with Crippen LogP contribution in [0.4, 0.5) is 0 Å². The lowest BCUT2D eigenvalue weighted by Crippen LogP contribution is -2.22. The molecule has 1 amide bonds. The maximum atomic E-state index is 13.7. The van der Waals surface area contributed by atoms with Crippen molar-refractivity contribution in [3.05, 3.63) is 126 Å². The molecule has 0 unspecified atom stereocenters.